The maximum absolute atomic E-state index is 13.0. The molecule has 0 aromatic heterocycles. The first-order valence-electron chi connectivity index (χ1n) is 11.1. The van der Waals surface area contributed by atoms with Crippen LogP contribution in [-0.4, -0.2) is 37.0 Å². The third kappa shape index (κ3) is 8.17. The van der Waals surface area contributed by atoms with E-state index in [0.29, 0.717) is 18.8 Å². The van der Waals surface area contributed by atoms with Crippen molar-refractivity contribution in [1.29, 1.82) is 0 Å². The Labute approximate surface area is 180 Å². The molecule has 0 radical (unpaired) electrons. The van der Waals surface area contributed by atoms with E-state index in [2.05, 4.69) is 10.6 Å². The van der Waals surface area contributed by atoms with Crippen molar-refractivity contribution < 1.29 is 19.1 Å². The highest BCUT2D eigenvalue weighted by atomic mass is 16.5. The predicted molar refractivity (Wildman–Crippen MR) is 117 cm³/mol. The summed E-state index contributed by atoms with van der Waals surface area (Å²) in [4.78, 5) is 37.8. The first-order valence-corrected chi connectivity index (χ1v) is 11.1. The van der Waals surface area contributed by atoms with Crippen LogP contribution in [0.4, 0.5) is 0 Å². The van der Waals surface area contributed by atoms with Gasteiger partial charge in [-0.3, -0.25) is 9.59 Å². The number of nitrogens with one attached hydrogen (secondary N) is 2. The number of methoxy groups -OCH3 is 1. The van der Waals surface area contributed by atoms with Crippen LogP contribution in [0.1, 0.15) is 64.4 Å². The highest BCUT2D eigenvalue weighted by Crippen LogP contribution is 2.27. The molecule has 2 N–H and O–H groups in total. The molecule has 0 unspecified atom stereocenters. The zero-order chi connectivity index (χ0) is 21.9. The minimum atomic E-state index is -0.681. The number of ether oxygens (including phenoxy) is 1. The minimum absolute atomic E-state index is 0.205. The number of carbonyl (C=O) groups excluding carboxylic acids is 3. The molecule has 30 heavy (non-hydrogen) atoms. The van der Waals surface area contributed by atoms with Gasteiger partial charge in [0, 0.05) is 0 Å². The summed E-state index contributed by atoms with van der Waals surface area (Å²) in [6, 6.07) is 8.07. The van der Waals surface area contributed by atoms with Crippen LogP contribution in [0.2, 0.25) is 0 Å². The Morgan fingerprint density at radius 2 is 1.67 bits per heavy atom. The fraction of sp³-hybridized carbons (Fsp3) is 0.625. The van der Waals surface area contributed by atoms with Gasteiger partial charge in [0.25, 0.3) is 0 Å². The van der Waals surface area contributed by atoms with Gasteiger partial charge in [0.15, 0.2) is 0 Å². The van der Waals surface area contributed by atoms with Crippen LogP contribution >= 0.6 is 0 Å². The van der Waals surface area contributed by atoms with Gasteiger partial charge in [0.2, 0.25) is 11.8 Å². The summed E-state index contributed by atoms with van der Waals surface area (Å²) >= 11 is 0. The first kappa shape index (κ1) is 23.9. The average molecular weight is 417 g/mol. The van der Waals surface area contributed by atoms with Crippen molar-refractivity contribution in [2.24, 2.45) is 11.8 Å². The topological polar surface area (TPSA) is 84.5 Å². The van der Waals surface area contributed by atoms with E-state index >= 15 is 0 Å². The summed E-state index contributed by atoms with van der Waals surface area (Å²) in [6.07, 6.45) is 7.02. The van der Waals surface area contributed by atoms with Crippen molar-refractivity contribution in [1.82, 2.24) is 10.6 Å². The normalized spacial score (nSPS) is 16.5. The molecular formula is C24H36N2O4. The molecule has 166 valence electrons. The zero-order valence-electron chi connectivity index (χ0n) is 18.5. The van der Waals surface area contributed by atoms with Crippen LogP contribution in [0, 0.1) is 11.8 Å². The Morgan fingerprint density at radius 3 is 2.27 bits per heavy atom. The maximum Gasteiger partial charge on any atom is 0.328 e. The van der Waals surface area contributed by atoms with Crippen molar-refractivity contribution in [2.75, 3.05) is 7.11 Å². The van der Waals surface area contributed by atoms with Gasteiger partial charge in [-0.25, -0.2) is 4.79 Å². The lowest BCUT2D eigenvalue weighted by Gasteiger charge is -2.27. The Morgan fingerprint density at radius 1 is 1.00 bits per heavy atom. The highest BCUT2D eigenvalue weighted by molar-refractivity contribution is 5.91. The molecule has 0 saturated heterocycles. The summed E-state index contributed by atoms with van der Waals surface area (Å²) in [7, 11) is 1.34. The lowest BCUT2D eigenvalue weighted by atomic mass is 9.84. The zero-order valence-corrected chi connectivity index (χ0v) is 18.5. The van der Waals surface area contributed by atoms with E-state index in [4.69, 9.17) is 4.74 Å². The predicted octanol–water partition coefficient (Wildman–Crippen LogP) is 3.39. The molecule has 1 saturated carbocycles. The summed E-state index contributed by atoms with van der Waals surface area (Å²) in [6.45, 7) is 4.01. The van der Waals surface area contributed by atoms with Crippen molar-refractivity contribution in [3.8, 4) is 0 Å². The van der Waals surface area contributed by atoms with Gasteiger partial charge in [-0.15, -0.1) is 0 Å². The van der Waals surface area contributed by atoms with Crippen LogP contribution in [0.5, 0.6) is 0 Å². The molecule has 1 aromatic carbocycles. The fourth-order valence-electron chi connectivity index (χ4n) is 4.11. The number of rotatable bonds is 10. The summed E-state index contributed by atoms with van der Waals surface area (Å²) < 4.78 is 4.93. The number of carbonyl (C=O) groups is 3. The molecule has 2 amide bonds. The molecule has 1 aromatic rings. The number of esters is 1. The SMILES string of the molecule is COC(=O)[C@H](CC1CCCCC1)NC(=O)[C@H](CC(C)C)NC(=O)Cc1ccccc1. The van der Waals surface area contributed by atoms with Gasteiger partial charge >= 0.3 is 5.97 Å². The number of hydrogen-bond donors (Lipinski definition) is 2. The van der Waals surface area contributed by atoms with Crippen molar-refractivity contribution >= 4 is 17.8 Å². The van der Waals surface area contributed by atoms with Crippen LogP contribution in [0.3, 0.4) is 0 Å². The second-order valence-corrected chi connectivity index (χ2v) is 8.74. The molecule has 6 heteroatoms. The van der Waals surface area contributed by atoms with E-state index in [9.17, 15) is 14.4 Å². The summed E-state index contributed by atoms with van der Waals surface area (Å²) in [5, 5.41) is 5.72. The molecule has 1 aliphatic carbocycles. The summed E-state index contributed by atoms with van der Waals surface area (Å²) in [5.74, 6) is -0.319. The Kier molecular flexibility index (Phi) is 9.84. The van der Waals surface area contributed by atoms with Crippen LogP contribution < -0.4 is 10.6 Å². The van der Waals surface area contributed by atoms with E-state index in [0.717, 1.165) is 31.2 Å². The molecule has 0 aliphatic heterocycles. The molecule has 1 fully saturated rings. The van der Waals surface area contributed by atoms with Crippen LogP contribution in [0.15, 0.2) is 30.3 Å². The van der Waals surface area contributed by atoms with Gasteiger partial charge in [-0.2, -0.15) is 0 Å². The third-order valence-electron chi connectivity index (χ3n) is 5.66. The molecule has 2 rings (SSSR count). The number of benzene rings is 1. The Balaban J connectivity index is 2.01. The van der Waals surface area contributed by atoms with Gasteiger partial charge in [-0.1, -0.05) is 76.3 Å². The number of amides is 2. The molecular weight excluding hydrogens is 380 g/mol. The Bertz CT molecular complexity index is 684. The quantitative estimate of drug-likeness (QED) is 0.573. The van der Waals surface area contributed by atoms with Gasteiger partial charge in [0.05, 0.1) is 13.5 Å². The second-order valence-electron chi connectivity index (χ2n) is 8.74. The van der Waals surface area contributed by atoms with Gasteiger partial charge in [-0.05, 0) is 30.2 Å². The highest BCUT2D eigenvalue weighted by Gasteiger charge is 2.30. The van der Waals surface area contributed by atoms with Crippen molar-refractivity contribution in [2.45, 2.75) is 77.3 Å². The fourth-order valence-corrected chi connectivity index (χ4v) is 4.11. The van der Waals surface area contributed by atoms with E-state index in [1.165, 1.54) is 13.5 Å². The average Bonchev–Trinajstić information content (AvgIpc) is 2.73. The first-order chi connectivity index (χ1) is 14.4. The van der Waals surface area contributed by atoms with Crippen molar-refractivity contribution in [3.63, 3.8) is 0 Å². The van der Waals surface area contributed by atoms with Crippen molar-refractivity contribution in [3.05, 3.63) is 35.9 Å². The van der Waals surface area contributed by atoms with Gasteiger partial charge in [0.1, 0.15) is 12.1 Å². The second kappa shape index (κ2) is 12.4. The monoisotopic (exact) mass is 416 g/mol. The lowest BCUT2D eigenvalue weighted by Crippen LogP contribution is -2.53. The summed E-state index contributed by atoms with van der Waals surface area (Å²) in [5.41, 5.74) is 0.892. The molecule has 0 heterocycles. The van der Waals surface area contributed by atoms with Gasteiger partial charge < -0.3 is 15.4 Å². The van der Waals surface area contributed by atoms with E-state index in [1.807, 2.05) is 44.2 Å². The lowest BCUT2D eigenvalue weighted by molar-refractivity contribution is -0.146. The van der Waals surface area contributed by atoms with E-state index < -0.39 is 18.1 Å². The van der Waals surface area contributed by atoms with Crippen LogP contribution in [-0.2, 0) is 25.5 Å². The minimum Gasteiger partial charge on any atom is -0.467 e. The molecule has 6 nitrogen and oxygen atoms in total. The molecule has 0 spiro atoms. The van der Waals surface area contributed by atoms with E-state index in [-0.39, 0.29) is 24.2 Å². The van der Waals surface area contributed by atoms with Crippen LogP contribution in [0.25, 0.3) is 0 Å². The standard InChI is InChI=1S/C24H36N2O4/c1-17(2)14-20(25-22(27)16-19-12-8-5-9-13-19)23(28)26-21(24(29)30-3)15-18-10-6-4-7-11-18/h5,8-9,12-13,17-18,20-21H,4,6-7,10-11,14-16H2,1-3H3,(H,25,27)(H,26,28)/t20-,21-/m0/s1. The third-order valence-corrected chi connectivity index (χ3v) is 5.66. The molecule has 2 atom stereocenters. The number of hydrogen-bond acceptors (Lipinski definition) is 4. The Hall–Kier alpha value is -2.37. The maximum atomic E-state index is 13.0. The molecule has 1 aliphatic rings. The smallest absolute Gasteiger partial charge is 0.328 e. The molecule has 0 bridgehead atoms. The largest absolute Gasteiger partial charge is 0.467 e. The van der Waals surface area contributed by atoms with E-state index in [1.54, 1.807) is 0 Å².